The summed E-state index contributed by atoms with van der Waals surface area (Å²) in [4.78, 5) is 1.20. The second-order valence-corrected chi connectivity index (χ2v) is 5.63. The van der Waals surface area contributed by atoms with Gasteiger partial charge in [-0.15, -0.1) is 11.8 Å². The molecule has 0 saturated heterocycles. The summed E-state index contributed by atoms with van der Waals surface area (Å²) in [5.41, 5.74) is 0. The number of allylic oxidation sites excluding steroid dienone is 1. The molecule has 0 spiro atoms. The topological polar surface area (TPSA) is 23.8 Å². The maximum absolute atomic E-state index is 8.72. The summed E-state index contributed by atoms with van der Waals surface area (Å²) in [6.07, 6.45) is 1.37. The van der Waals surface area contributed by atoms with Crippen molar-refractivity contribution in [2.24, 2.45) is 0 Å². The molecule has 1 atom stereocenters. The van der Waals surface area contributed by atoms with Crippen LogP contribution in [0.3, 0.4) is 0 Å². The van der Waals surface area contributed by atoms with Gasteiger partial charge < -0.3 is 0 Å². The first-order valence-corrected chi connectivity index (χ1v) is 6.31. The molecule has 0 saturated carbocycles. The van der Waals surface area contributed by atoms with Gasteiger partial charge in [-0.3, -0.25) is 0 Å². The highest BCUT2D eigenvalue weighted by molar-refractivity contribution is 9.11. The molecule has 1 aromatic carbocycles. The van der Waals surface area contributed by atoms with Crippen molar-refractivity contribution in [3.63, 3.8) is 0 Å². The van der Waals surface area contributed by atoms with E-state index in [2.05, 4.69) is 40.7 Å². The Morgan fingerprint density at radius 3 is 2.67 bits per heavy atom. The molecular weight excluding hydrogens is 270 g/mol. The molecule has 0 aromatic heterocycles. The predicted molar refractivity (Wildman–Crippen MR) is 69.0 cm³/mol. The van der Waals surface area contributed by atoms with E-state index in [1.807, 2.05) is 18.2 Å². The molecule has 0 aliphatic rings. The van der Waals surface area contributed by atoms with E-state index in [0.717, 1.165) is 10.9 Å². The third-order valence-electron chi connectivity index (χ3n) is 1.81. The minimum absolute atomic E-state index is 0.282. The molecule has 15 heavy (non-hydrogen) atoms. The van der Waals surface area contributed by atoms with Crippen LogP contribution >= 0.6 is 27.7 Å². The number of rotatable bonds is 5. The molecule has 0 amide bonds. The minimum atomic E-state index is 0.282. The van der Waals surface area contributed by atoms with E-state index >= 15 is 0 Å². The van der Waals surface area contributed by atoms with E-state index < -0.39 is 0 Å². The molecule has 78 valence electrons. The molecule has 0 radical (unpaired) electrons. The van der Waals surface area contributed by atoms with Gasteiger partial charge in [-0.1, -0.05) is 40.7 Å². The molecule has 0 aliphatic heterocycles. The van der Waals surface area contributed by atoms with Crippen molar-refractivity contribution in [3.8, 4) is 6.07 Å². The minimum Gasteiger partial charge on any atom is -0.198 e. The van der Waals surface area contributed by atoms with Crippen molar-refractivity contribution in [3.05, 3.63) is 41.4 Å². The van der Waals surface area contributed by atoms with Gasteiger partial charge in [-0.2, -0.15) is 5.26 Å². The highest BCUT2D eigenvalue weighted by Crippen LogP contribution is 2.30. The lowest BCUT2D eigenvalue weighted by Gasteiger charge is -2.12. The summed E-state index contributed by atoms with van der Waals surface area (Å²) < 4.78 is 0.950. The van der Waals surface area contributed by atoms with Crippen LogP contribution in [0.1, 0.15) is 12.8 Å². The molecule has 3 heteroatoms. The van der Waals surface area contributed by atoms with Gasteiger partial charge in [0.05, 0.1) is 6.07 Å². The Balaban J connectivity index is 2.59. The number of nitrogens with zero attached hydrogens (tertiary/aromatic N) is 1. The highest BCUT2D eigenvalue weighted by atomic mass is 79.9. The fourth-order valence-electron chi connectivity index (χ4n) is 1.20. The maximum atomic E-state index is 8.72. The lowest BCUT2D eigenvalue weighted by atomic mass is 10.2. The number of thioether (sulfide) groups is 1. The maximum Gasteiger partial charge on any atom is 0.0633 e. The zero-order valence-electron chi connectivity index (χ0n) is 8.32. The van der Waals surface area contributed by atoms with E-state index in [9.17, 15) is 0 Å². The molecule has 1 unspecified atom stereocenters. The SMILES string of the molecule is C=C(Br)CC(CC#N)Sc1ccccc1. The first-order valence-electron chi connectivity index (χ1n) is 4.64. The van der Waals surface area contributed by atoms with Crippen molar-refractivity contribution < 1.29 is 0 Å². The first kappa shape index (κ1) is 12.4. The zero-order valence-corrected chi connectivity index (χ0v) is 10.7. The van der Waals surface area contributed by atoms with Crippen LogP contribution in [-0.2, 0) is 0 Å². The van der Waals surface area contributed by atoms with Crippen LogP contribution in [0, 0.1) is 11.3 Å². The third-order valence-corrected chi connectivity index (χ3v) is 3.35. The van der Waals surface area contributed by atoms with Crippen molar-refractivity contribution in [1.29, 1.82) is 5.26 Å². The largest absolute Gasteiger partial charge is 0.198 e. The summed E-state index contributed by atoms with van der Waals surface area (Å²) in [5, 5.41) is 9.00. The molecular formula is C12H12BrNS. The van der Waals surface area contributed by atoms with Gasteiger partial charge in [-0.05, 0) is 23.0 Å². The highest BCUT2D eigenvalue weighted by Gasteiger charge is 2.10. The van der Waals surface area contributed by atoms with E-state index in [1.54, 1.807) is 11.8 Å². The second kappa shape index (κ2) is 6.71. The average Bonchev–Trinajstić information content (AvgIpc) is 2.18. The van der Waals surface area contributed by atoms with Gasteiger partial charge in [0.25, 0.3) is 0 Å². The lowest BCUT2D eigenvalue weighted by Crippen LogP contribution is -2.00. The summed E-state index contributed by atoms with van der Waals surface area (Å²) >= 11 is 5.07. The first-order chi connectivity index (χ1) is 7.22. The van der Waals surface area contributed by atoms with Gasteiger partial charge in [0.2, 0.25) is 0 Å². The standard InChI is InChI=1S/C12H12BrNS/c1-10(13)9-12(7-8-14)15-11-5-3-2-4-6-11/h2-6,12H,1,7,9H2. The van der Waals surface area contributed by atoms with Gasteiger partial charge in [0, 0.05) is 16.6 Å². The quantitative estimate of drug-likeness (QED) is 0.749. The number of benzene rings is 1. The molecule has 0 bridgehead atoms. The Kier molecular flexibility index (Phi) is 5.52. The molecule has 0 fully saturated rings. The fourth-order valence-corrected chi connectivity index (χ4v) is 2.94. The molecule has 1 nitrogen and oxygen atoms in total. The monoisotopic (exact) mass is 281 g/mol. The lowest BCUT2D eigenvalue weighted by molar-refractivity contribution is 0.894. The second-order valence-electron chi connectivity index (χ2n) is 3.14. The van der Waals surface area contributed by atoms with Crippen LogP contribution in [0.25, 0.3) is 0 Å². The summed E-state index contributed by atoms with van der Waals surface area (Å²) in [7, 11) is 0. The Morgan fingerprint density at radius 2 is 2.13 bits per heavy atom. The Bertz CT molecular complexity index is 356. The molecule has 1 aromatic rings. The van der Waals surface area contributed by atoms with Gasteiger partial charge in [-0.25, -0.2) is 0 Å². The number of halogens is 1. The van der Waals surface area contributed by atoms with Crippen LogP contribution in [0.2, 0.25) is 0 Å². The van der Waals surface area contributed by atoms with Gasteiger partial charge >= 0.3 is 0 Å². The van der Waals surface area contributed by atoms with Gasteiger partial charge in [0.15, 0.2) is 0 Å². The number of nitriles is 1. The van der Waals surface area contributed by atoms with Crippen molar-refractivity contribution >= 4 is 27.7 Å². The third kappa shape index (κ3) is 5.06. The summed E-state index contributed by atoms with van der Waals surface area (Å²) in [5.74, 6) is 0. The van der Waals surface area contributed by atoms with Crippen molar-refractivity contribution in [2.75, 3.05) is 0 Å². The molecule has 1 rings (SSSR count). The van der Waals surface area contributed by atoms with E-state index in [-0.39, 0.29) is 5.25 Å². The van der Waals surface area contributed by atoms with Crippen molar-refractivity contribution in [1.82, 2.24) is 0 Å². The normalized spacial score (nSPS) is 11.7. The molecule has 0 aliphatic carbocycles. The van der Waals surface area contributed by atoms with Crippen LogP contribution in [0.15, 0.2) is 46.3 Å². The Labute approximate surface area is 103 Å². The Morgan fingerprint density at radius 1 is 1.47 bits per heavy atom. The number of hydrogen-bond acceptors (Lipinski definition) is 2. The van der Waals surface area contributed by atoms with E-state index in [0.29, 0.717) is 6.42 Å². The summed E-state index contributed by atoms with van der Waals surface area (Å²) in [6, 6.07) is 12.3. The molecule has 0 heterocycles. The van der Waals surface area contributed by atoms with E-state index in [1.165, 1.54) is 4.90 Å². The Hall–Kier alpha value is -0.720. The number of hydrogen-bond donors (Lipinski definition) is 0. The summed E-state index contributed by atoms with van der Waals surface area (Å²) in [6.45, 7) is 3.81. The fraction of sp³-hybridized carbons (Fsp3) is 0.250. The van der Waals surface area contributed by atoms with Gasteiger partial charge in [0.1, 0.15) is 0 Å². The molecule has 0 N–H and O–H groups in total. The van der Waals surface area contributed by atoms with Crippen molar-refractivity contribution in [2.45, 2.75) is 23.0 Å². The predicted octanol–water partition coefficient (Wildman–Crippen LogP) is 4.36. The zero-order chi connectivity index (χ0) is 11.1. The van der Waals surface area contributed by atoms with Crippen LogP contribution < -0.4 is 0 Å². The van der Waals surface area contributed by atoms with Crippen LogP contribution in [0.5, 0.6) is 0 Å². The smallest absolute Gasteiger partial charge is 0.0633 e. The van der Waals surface area contributed by atoms with Crippen LogP contribution in [0.4, 0.5) is 0 Å². The average molecular weight is 282 g/mol. The van der Waals surface area contributed by atoms with Crippen LogP contribution in [-0.4, -0.2) is 5.25 Å². The van der Waals surface area contributed by atoms with E-state index in [4.69, 9.17) is 5.26 Å².